The summed E-state index contributed by atoms with van der Waals surface area (Å²) in [5, 5.41) is 16.5. The van der Waals surface area contributed by atoms with Gasteiger partial charge in [-0.3, -0.25) is 9.69 Å². The zero-order valence-electron chi connectivity index (χ0n) is 9.47. The van der Waals surface area contributed by atoms with Crippen molar-refractivity contribution < 1.29 is 19.4 Å². The fraction of sp³-hybridized carbons (Fsp3) is 0.333. The molecule has 19 heavy (non-hydrogen) atoms. The number of carboxylic acid groups (broad SMARTS) is 1. The highest BCUT2D eigenvalue weighted by Gasteiger charge is 2.56. The number of β-lactam (4-membered cyclic amide) rings is 1. The largest absolute Gasteiger partial charge is 0.477 e. The number of amides is 1. The van der Waals surface area contributed by atoms with Gasteiger partial charge < -0.3 is 9.84 Å². The molecule has 2 aliphatic heterocycles. The molecule has 7 nitrogen and oxygen atoms in total. The van der Waals surface area contributed by atoms with Gasteiger partial charge in [0, 0.05) is 7.11 Å². The standard InChI is InChI=1S/C9H7N3O4S3/c1-16-4-5(13)12-3(7(14)15)8(18-6(4)12)19-9-11-10-2-17-9/h2,4,6H,1H3,(H,14,15)/t4?,6-/m1/s1. The summed E-state index contributed by atoms with van der Waals surface area (Å²) >= 11 is 3.85. The van der Waals surface area contributed by atoms with E-state index < -0.39 is 12.1 Å². The van der Waals surface area contributed by atoms with E-state index in [0.29, 0.717) is 8.58 Å². The van der Waals surface area contributed by atoms with Crippen LogP contribution in [0.2, 0.25) is 0 Å². The number of hydrogen-bond acceptors (Lipinski definition) is 8. The molecular formula is C9H7N3O4S3. The molecule has 1 amide bonds. The van der Waals surface area contributed by atoms with Crippen LogP contribution < -0.4 is 0 Å². The molecule has 3 heterocycles. The quantitative estimate of drug-likeness (QED) is 0.816. The van der Waals surface area contributed by atoms with Crippen LogP contribution in [-0.4, -0.2) is 50.7 Å². The smallest absolute Gasteiger partial charge is 0.354 e. The predicted molar refractivity (Wildman–Crippen MR) is 69.4 cm³/mol. The molecule has 1 saturated heterocycles. The van der Waals surface area contributed by atoms with Crippen LogP contribution >= 0.6 is 34.9 Å². The molecule has 1 aromatic rings. The first kappa shape index (κ1) is 12.9. The zero-order chi connectivity index (χ0) is 13.6. The molecule has 0 aliphatic carbocycles. The van der Waals surface area contributed by atoms with E-state index in [4.69, 9.17) is 4.74 Å². The molecule has 1 N–H and O–H groups in total. The summed E-state index contributed by atoms with van der Waals surface area (Å²) in [6, 6.07) is 0. The topological polar surface area (TPSA) is 92.6 Å². The third-order valence-corrected chi connectivity index (χ3v) is 5.94. The first-order chi connectivity index (χ1) is 9.13. The first-order valence-corrected chi connectivity index (χ1v) is 7.65. The minimum Gasteiger partial charge on any atom is -0.477 e. The Balaban J connectivity index is 1.90. The van der Waals surface area contributed by atoms with E-state index in [-0.39, 0.29) is 17.0 Å². The molecule has 2 aliphatic rings. The summed E-state index contributed by atoms with van der Waals surface area (Å²) < 4.78 is 6.25. The molecule has 0 aromatic carbocycles. The van der Waals surface area contributed by atoms with E-state index in [1.807, 2.05) is 0 Å². The number of ether oxygens (including phenoxy) is 1. The monoisotopic (exact) mass is 317 g/mol. The number of nitrogens with zero attached hydrogens (tertiary/aromatic N) is 3. The van der Waals surface area contributed by atoms with Gasteiger partial charge in [0.2, 0.25) is 0 Å². The van der Waals surface area contributed by atoms with Crippen molar-refractivity contribution in [2.75, 3.05) is 7.11 Å². The Kier molecular flexibility index (Phi) is 3.25. The van der Waals surface area contributed by atoms with Gasteiger partial charge in [0.25, 0.3) is 5.91 Å². The predicted octanol–water partition coefficient (Wildman–Crippen LogP) is 0.814. The highest BCUT2D eigenvalue weighted by Crippen LogP contribution is 2.52. The molecule has 0 saturated carbocycles. The van der Waals surface area contributed by atoms with Crippen molar-refractivity contribution in [3.8, 4) is 0 Å². The molecule has 0 spiro atoms. The SMILES string of the molecule is COC1C(=O)N2C(C(=O)O)=C(Sc3nncs3)S[C@H]12. The van der Waals surface area contributed by atoms with Crippen LogP contribution in [0.15, 0.2) is 19.8 Å². The minimum absolute atomic E-state index is 0.00787. The van der Waals surface area contributed by atoms with Crippen molar-refractivity contribution in [1.29, 1.82) is 0 Å². The maximum absolute atomic E-state index is 11.8. The van der Waals surface area contributed by atoms with Crippen LogP contribution in [0.5, 0.6) is 0 Å². The fourth-order valence-electron chi connectivity index (χ4n) is 1.82. The van der Waals surface area contributed by atoms with E-state index in [1.54, 1.807) is 5.51 Å². The number of carbonyl (C=O) groups excluding carboxylic acids is 1. The molecule has 2 atom stereocenters. The summed E-state index contributed by atoms with van der Waals surface area (Å²) in [7, 11) is 1.44. The number of aliphatic carboxylic acids is 1. The molecule has 1 unspecified atom stereocenters. The third-order valence-electron chi connectivity index (χ3n) is 2.63. The Labute approximate surface area is 120 Å². The van der Waals surface area contributed by atoms with Crippen molar-refractivity contribution >= 4 is 46.7 Å². The van der Waals surface area contributed by atoms with Crippen LogP contribution in [0.3, 0.4) is 0 Å². The summed E-state index contributed by atoms with van der Waals surface area (Å²) in [4.78, 5) is 24.4. The van der Waals surface area contributed by atoms with Gasteiger partial charge in [-0.05, 0) is 11.8 Å². The van der Waals surface area contributed by atoms with Crippen LogP contribution in [0.1, 0.15) is 0 Å². The number of fused-ring (bicyclic) bond motifs is 1. The van der Waals surface area contributed by atoms with Gasteiger partial charge in [0.05, 0.1) is 4.24 Å². The Morgan fingerprint density at radius 2 is 2.42 bits per heavy atom. The van der Waals surface area contributed by atoms with Crippen molar-refractivity contribution in [3.63, 3.8) is 0 Å². The van der Waals surface area contributed by atoms with Crippen LogP contribution in [-0.2, 0) is 14.3 Å². The number of hydrogen-bond donors (Lipinski definition) is 1. The first-order valence-electron chi connectivity index (χ1n) is 5.07. The number of aromatic nitrogens is 2. The average Bonchev–Trinajstić information content (AvgIpc) is 2.96. The lowest BCUT2D eigenvalue weighted by molar-refractivity contribution is -0.161. The molecule has 3 rings (SSSR count). The Morgan fingerprint density at radius 3 is 3.00 bits per heavy atom. The lowest BCUT2D eigenvalue weighted by atomic mass is 10.1. The van der Waals surface area contributed by atoms with E-state index in [2.05, 4.69) is 10.2 Å². The van der Waals surface area contributed by atoms with Gasteiger partial charge in [-0.25, -0.2) is 4.79 Å². The van der Waals surface area contributed by atoms with E-state index >= 15 is 0 Å². The number of carboxylic acids is 1. The van der Waals surface area contributed by atoms with Gasteiger partial charge in [0.15, 0.2) is 16.1 Å². The maximum Gasteiger partial charge on any atom is 0.354 e. The van der Waals surface area contributed by atoms with Gasteiger partial charge in [-0.1, -0.05) is 23.1 Å². The second-order valence-electron chi connectivity index (χ2n) is 3.62. The summed E-state index contributed by atoms with van der Waals surface area (Å²) in [6.07, 6.45) is -0.577. The highest BCUT2D eigenvalue weighted by atomic mass is 32.2. The zero-order valence-corrected chi connectivity index (χ0v) is 11.9. The molecule has 0 radical (unpaired) electrons. The van der Waals surface area contributed by atoms with Gasteiger partial charge in [0.1, 0.15) is 10.9 Å². The summed E-state index contributed by atoms with van der Waals surface area (Å²) in [5.74, 6) is -1.44. The molecule has 0 bridgehead atoms. The summed E-state index contributed by atoms with van der Waals surface area (Å²) in [5.41, 5.74) is 1.58. The lowest BCUT2D eigenvalue weighted by Gasteiger charge is -2.40. The Hall–Kier alpha value is -1.10. The molecule has 10 heteroatoms. The van der Waals surface area contributed by atoms with Crippen LogP contribution in [0.4, 0.5) is 0 Å². The summed E-state index contributed by atoms with van der Waals surface area (Å²) in [6.45, 7) is 0. The van der Waals surface area contributed by atoms with E-state index in [1.165, 1.54) is 46.9 Å². The number of thioether (sulfide) groups is 2. The van der Waals surface area contributed by atoms with Crippen molar-refractivity contribution in [2.24, 2.45) is 0 Å². The van der Waals surface area contributed by atoms with Crippen LogP contribution in [0.25, 0.3) is 0 Å². The second kappa shape index (κ2) is 4.78. The second-order valence-corrected chi connectivity index (χ2v) is 7.10. The number of methoxy groups -OCH3 is 1. The normalized spacial score (nSPS) is 25.5. The number of rotatable bonds is 4. The Morgan fingerprint density at radius 1 is 1.63 bits per heavy atom. The van der Waals surface area contributed by atoms with Crippen LogP contribution in [0, 0.1) is 0 Å². The van der Waals surface area contributed by atoms with Gasteiger partial charge >= 0.3 is 5.97 Å². The molecule has 1 aromatic heterocycles. The number of carbonyl (C=O) groups is 2. The maximum atomic E-state index is 11.8. The van der Waals surface area contributed by atoms with E-state index in [0.717, 1.165) is 0 Å². The van der Waals surface area contributed by atoms with Crippen molar-refractivity contribution in [1.82, 2.24) is 15.1 Å². The lowest BCUT2D eigenvalue weighted by Crippen LogP contribution is -2.61. The highest BCUT2D eigenvalue weighted by molar-refractivity contribution is 8.23. The van der Waals surface area contributed by atoms with Crippen molar-refractivity contribution in [3.05, 3.63) is 15.4 Å². The molecular weight excluding hydrogens is 310 g/mol. The van der Waals surface area contributed by atoms with E-state index in [9.17, 15) is 14.7 Å². The third kappa shape index (κ3) is 1.95. The van der Waals surface area contributed by atoms with Crippen molar-refractivity contribution in [2.45, 2.75) is 15.8 Å². The van der Waals surface area contributed by atoms with Gasteiger partial charge in [-0.2, -0.15) is 0 Å². The molecule has 100 valence electrons. The van der Waals surface area contributed by atoms with Gasteiger partial charge in [-0.15, -0.1) is 10.2 Å². The average molecular weight is 317 g/mol. The Bertz CT molecular complexity index is 573. The molecule has 1 fully saturated rings. The minimum atomic E-state index is -1.12. The fourth-order valence-corrected chi connectivity index (χ4v) is 5.27.